The van der Waals surface area contributed by atoms with Gasteiger partial charge in [-0.1, -0.05) is 18.3 Å². The van der Waals surface area contributed by atoms with E-state index in [4.69, 9.17) is 5.11 Å². The van der Waals surface area contributed by atoms with Crippen molar-refractivity contribution in [2.45, 2.75) is 44.9 Å². The van der Waals surface area contributed by atoms with Crippen molar-refractivity contribution >= 4 is 6.09 Å². The molecule has 4 nitrogen and oxygen atoms in total. The average Bonchev–Trinajstić information content (AvgIpc) is 2.50. The van der Waals surface area contributed by atoms with Crippen LogP contribution < -0.4 is 0 Å². The van der Waals surface area contributed by atoms with Gasteiger partial charge >= 0.3 is 6.09 Å². The highest BCUT2D eigenvalue weighted by molar-refractivity contribution is 5.64. The Balaban J connectivity index is 1.65. The van der Waals surface area contributed by atoms with Crippen molar-refractivity contribution in [1.82, 2.24) is 9.80 Å². The molecule has 1 aliphatic carbocycles. The number of carbonyl (C=O) groups is 1. The van der Waals surface area contributed by atoms with Crippen molar-refractivity contribution in [1.29, 1.82) is 0 Å². The van der Waals surface area contributed by atoms with E-state index in [-0.39, 0.29) is 0 Å². The number of nitrogens with zero attached hydrogens (tertiary/aromatic N) is 2. The summed E-state index contributed by atoms with van der Waals surface area (Å²) in [7, 11) is 1.66. The van der Waals surface area contributed by atoms with Gasteiger partial charge in [0.05, 0.1) is 6.54 Å². The lowest BCUT2D eigenvalue weighted by atomic mass is 9.82. The number of likely N-dealkylation sites (tertiary alicyclic amines) is 1. The van der Waals surface area contributed by atoms with E-state index in [0.29, 0.717) is 18.4 Å². The van der Waals surface area contributed by atoms with Crippen molar-refractivity contribution in [2.24, 2.45) is 11.8 Å². The zero-order chi connectivity index (χ0) is 15.1. The Hall–Kier alpha value is -1.21. The maximum absolute atomic E-state index is 10.8. The molecule has 2 rings (SSSR count). The number of hydrogen-bond donors (Lipinski definition) is 1. The van der Waals surface area contributed by atoms with Crippen molar-refractivity contribution < 1.29 is 9.90 Å². The van der Waals surface area contributed by atoms with Crippen LogP contribution in [-0.2, 0) is 0 Å². The first-order chi connectivity index (χ1) is 10.1. The van der Waals surface area contributed by atoms with Crippen LogP contribution in [0, 0.1) is 23.7 Å². The summed E-state index contributed by atoms with van der Waals surface area (Å²) >= 11 is 0. The average molecular weight is 292 g/mol. The number of amides is 1. The fourth-order valence-electron chi connectivity index (χ4n) is 3.37. The first-order valence-corrected chi connectivity index (χ1v) is 8.30. The van der Waals surface area contributed by atoms with Crippen LogP contribution in [-0.4, -0.2) is 54.2 Å². The van der Waals surface area contributed by atoms with Crippen molar-refractivity contribution in [2.75, 3.05) is 33.2 Å². The van der Waals surface area contributed by atoms with E-state index in [2.05, 4.69) is 16.7 Å². The van der Waals surface area contributed by atoms with Crippen LogP contribution in [0.3, 0.4) is 0 Å². The maximum Gasteiger partial charge on any atom is 0.407 e. The third kappa shape index (κ3) is 5.59. The number of carboxylic acid groups (broad SMARTS) is 1. The van der Waals surface area contributed by atoms with Gasteiger partial charge in [0, 0.05) is 19.5 Å². The molecule has 0 aromatic heterocycles. The molecule has 0 aromatic rings. The van der Waals surface area contributed by atoms with E-state index in [9.17, 15) is 4.79 Å². The Labute approximate surface area is 128 Å². The summed E-state index contributed by atoms with van der Waals surface area (Å²) in [5.74, 6) is 7.86. The maximum atomic E-state index is 10.8. The molecule has 0 aromatic carbocycles. The summed E-state index contributed by atoms with van der Waals surface area (Å²) in [5, 5.41) is 8.90. The summed E-state index contributed by atoms with van der Waals surface area (Å²) in [5.41, 5.74) is 0. The molecule has 0 unspecified atom stereocenters. The molecule has 1 saturated heterocycles. The molecule has 1 saturated carbocycles. The van der Waals surface area contributed by atoms with Gasteiger partial charge in [0.15, 0.2) is 0 Å². The number of hydrogen-bond acceptors (Lipinski definition) is 2. The van der Waals surface area contributed by atoms with Gasteiger partial charge in [-0.2, -0.15) is 0 Å². The predicted octanol–water partition coefficient (Wildman–Crippen LogP) is 2.89. The van der Waals surface area contributed by atoms with Crippen LogP contribution in [0.4, 0.5) is 4.79 Å². The van der Waals surface area contributed by atoms with Gasteiger partial charge in [0.25, 0.3) is 0 Å². The summed E-state index contributed by atoms with van der Waals surface area (Å²) in [6.07, 6.45) is 7.68. The monoisotopic (exact) mass is 292 g/mol. The fourth-order valence-corrected chi connectivity index (χ4v) is 3.37. The Kier molecular flexibility index (Phi) is 6.38. The van der Waals surface area contributed by atoms with E-state index in [1.165, 1.54) is 37.3 Å². The van der Waals surface area contributed by atoms with E-state index in [0.717, 1.165) is 32.2 Å². The first kappa shape index (κ1) is 16.2. The number of rotatable bonds is 3. The van der Waals surface area contributed by atoms with Gasteiger partial charge in [-0.15, -0.1) is 0 Å². The Morgan fingerprint density at radius 3 is 2.48 bits per heavy atom. The first-order valence-electron chi connectivity index (χ1n) is 8.30. The molecule has 4 heteroatoms. The highest BCUT2D eigenvalue weighted by Crippen LogP contribution is 2.28. The summed E-state index contributed by atoms with van der Waals surface area (Å²) in [4.78, 5) is 14.7. The van der Waals surface area contributed by atoms with Crippen LogP contribution in [0.25, 0.3) is 0 Å². The molecule has 2 aliphatic rings. The summed E-state index contributed by atoms with van der Waals surface area (Å²) in [6, 6.07) is 0. The smallest absolute Gasteiger partial charge is 0.407 e. The van der Waals surface area contributed by atoms with Crippen LogP contribution in [0.15, 0.2) is 0 Å². The molecule has 118 valence electrons. The lowest BCUT2D eigenvalue weighted by Gasteiger charge is -2.28. The van der Waals surface area contributed by atoms with E-state index < -0.39 is 6.09 Å². The fraction of sp³-hybridized carbons (Fsp3) is 0.824. The van der Waals surface area contributed by atoms with E-state index in [1.54, 1.807) is 7.05 Å². The minimum Gasteiger partial charge on any atom is -0.465 e. The molecule has 2 fully saturated rings. The van der Waals surface area contributed by atoms with E-state index >= 15 is 0 Å². The van der Waals surface area contributed by atoms with Crippen molar-refractivity contribution in [3.8, 4) is 11.8 Å². The molecule has 1 N–H and O–H groups in total. The highest BCUT2D eigenvalue weighted by atomic mass is 16.4. The summed E-state index contributed by atoms with van der Waals surface area (Å²) in [6.45, 7) is 4.02. The van der Waals surface area contributed by atoms with E-state index in [1.807, 2.05) is 0 Å². The van der Waals surface area contributed by atoms with Crippen molar-refractivity contribution in [3.05, 3.63) is 0 Å². The second kappa shape index (κ2) is 8.29. The van der Waals surface area contributed by atoms with Gasteiger partial charge in [0.2, 0.25) is 0 Å². The third-order valence-corrected chi connectivity index (χ3v) is 4.76. The standard InChI is InChI=1S/C17H28N2O2/c1-18(17(20)21)14-16-9-7-15(8-10-16)6-5-13-19-11-3-2-4-12-19/h15-16H,2-4,7-14H2,1H3,(H,20,21). The lowest BCUT2D eigenvalue weighted by molar-refractivity contribution is 0.142. The summed E-state index contributed by atoms with van der Waals surface area (Å²) < 4.78 is 0. The van der Waals surface area contributed by atoms with Gasteiger partial charge in [-0.3, -0.25) is 4.90 Å². The zero-order valence-electron chi connectivity index (χ0n) is 13.2. The van der Waals surface area contributed by atoms with Crippen LogP contribution in [0.1, 0.15) is 44.9 Å². The SMILES string of the molecule is CN(CC1CCC(C#CCN2CCCCC2)CC1)C(=O)O. The third-order valence-electron chi connectivity index (χ3n) is 4.76. The molecule has 1 aliphatic heterocycles. The quantitative estimate of drug-likeness (QED) is 0.813. The lowest BCUT2D eigenvalue weighted by Crippen LogP contribution is -2.32. The van der Waals surface area contributed by atoms with Gasteiger partial charge < -0.3 is 10.0 Å². The molecule has 0 spiro atoms. The highest BCUT2D eigenvalue weighted by Gasteiger charge is 2.22. The molecule has 0 radical (unpaired) electrons. The molecule has 0 atom stereocenters. The zero-order valence-corrected chi connectivity index (χ0v) is 13.2. The minimum atomic E-state index is -0.821. The largest absolute Gasteiger partial charge is 0.465 e. The van der Waals surface area contributed by atoms with Crippen LogP contribution >= 0.6 is 0 Å². The minimum absolute atomic E-state index is 0.520. The Bertz CT molecular complexity index is 385. The second-order valence-electron chi connectivity index (χ2n) is 6.54. The van der Waals surface area contributed by atoms with Gasteiger partial charge in [-0.05, 0) is 57.5 Å². The van der Waals surface area contributed by atoms with Crippen LogP contribution in [0.5, 0.6) is 0 Å². The van der Waals surface area contributed by atoms with Gasteiger partial charge in [-0.25, -0.2) is 4.79 Å². The van der Waals surface area contributed by atoms with Crippen LogP contribution in [0.2, 0.25) is 0 Å². The second-order valence-corrected chi connectivity index (χ2v) is 6.54. The molecule has 1 amide bonds. The number of piperidine rings is 1. The Morgan fingerprint density at radius 2 is 1.86 bits per heavy atom. The van der Waals surface area contributed by atoms with Gasteiger partial charge in [0.1, 0.15) is 0 Å². The normalized spacial score (nSPS) is 26.7. The molecular formula is C17H28N2O2. The molecule has 21 heavy (non-hydrogen) atoms. The molecule has 1 heterocycles. The Morgan fingerprint density at radius 1 is 1.19 bits per heavy atom. The molecule has 0 bridgehead atoms. The topological polar surface area (TPSA) is 43.8 Å². The van der Waals surface area contributed by atoms with Crippen molar-refractivity contribution in [3.63, 3.8) is 0 Å². The predicted molar refractivity (Wildman–Crippen MR) is 84.2 cm³/mol. The molecular weight excluding hydrogens is 264 g/mol.